The Morgan fingerprint density at radius 2 is 1.52 bits per heavy atom. The van der Waals surface area contributed by atoms with Crippen molar-refractivity contribution in [3.63, 3.8) is 0 Å². The van der Waals surface area contributed by atoms with Crippen molar-refractivity contribution in [3.8, 4) is 5.75 Å². The molecule has 0 unspecified atom stereocenters. The number of aliphatic hydroxyl groups excluding tert-OH is 1. The number of amides is 1. The third-order valence-electron chi connectivity index (χ3n) is 4.85. The number of carbonyl (C=O) groups excluding carboxylic acids is 1. The van der Waals surface area contributed by atoms with Gasteiger partial charge >= 0.3 is 11.9 Å². The van der Waals surface area contributed by atoms with E-state index in [9.17, 15) is 29.7 Å². The van der Waals surface area contributed by atoms with Gasteiger partial charge in [0.15, 0.2) is 6.10 Å². The molecular weight excluding hydrogens is 658 g/mol. The molecule has 2 rings (SSSR count). The minimum atomic E-state index is -1.76. The fourth-order valence-corrected chi connectivity index (χ4v) is 4.98. The van der Waals surface area contributed by atoms with Gasteiger partial charge in [-0.2, -0.15) is 0 Å². The van der Waals surface area contributed by atoms with Crippen molar-refractivity contribution in [2.24, 2.45) is 0 Å². The first-order valence-corrected chi connectivity index (χ1v) is 12.1. The summed E-state index contributed by atoms with van der Waals surface area (Å²) in [6.45, 7) is -0.497. The van der Waals surface area contributed by atoms with Crippen LogP contribution in [0, 0.1) is 7.14 Å². The van der Waals surface area contributed by atoms with Crippen molar-refractivity contribution in [3.05, 3.63) is 60.7 Å². The summed E-state index contributed by atoms with van der Waals surface area (Å²) in [5.41, 5.74) is 1.64. The third kappa shape index (κ3) is 8.72. The summed E-state index contributed by atoms with van der Waals surface area (Å²) in [7, 11) is 0. The average Bonchev–Trinajstić information content (AvgIpc) is 2.77. The molecule has 0 fully saturated rings. The quantitative estimate of drug-likeness (QED) is 0.185. The largest absolute Gasteiger partial charge is 0.506 e. The highest BCUT2D eigenvalue weighted by atomic mass is 127. The minimum Gasteiger partial charge on any atom is -0.506 e. The van der Waals surface area contributed by atoms with E-state index >= 15 is 0 Å². The molecule has 3 atom stereocenters. The van der Waals surface area contributed by atoms with Gasteiger partial charge < -0.3 is 25.7 Å². The van der Waals surface area contributed by atoms with Crippen molar-refractivity contribution in [1.29, 1.82) is 0 Å². The van der Waals surface area contributed by atoms with Crippen LogP contribution in [0.5, 0.6) is 5.75 Å². The fraction of sp³-hybridized carbons (Fsp3) is 0.318. The Morgan fingerprint density at radius 1 is 0.909 bits per heavy atom. The van der Waals surface area contributed by atoms with Crippen molar-refractivity contribution < 1.29 is 34.8 Å². The van der Waals surface area contributed by atoms with Crippen LogP contribution in [0.4, 0.5) is 0 Å². The van der Waals surface area contributed by atoms with Crippen LogP contribution >= 0.6 is 45.2 Å². The maximum atomic E-state index is 12.7. The Morgan fingerprint density at radius 3 is 2.06 bits per heavy atom. The highest BCUT2D eigenvalue weighted by molar-refractivity contribution is 14.1. The predicted octanol–water partition coefficient (Wildman–Crippen LogP) is 1.75. The fourth-order valence-electron chi connectivity index (χ4n) is 3.08. The van der Waals surface area contributed by atoms with E-state index in [-0.39, 0.29) is 18.6 Å². The summed E-state index contributed by atoms with van der Waals surface area (Å²) in [6, 6.07) is 10.5. The van der Waals surface area contributed by atoms with E-state index in [0.717, 1.165) is 11.1 Å². The Bertz CT molecular complexity index is 965. The maximum absolute atomic E-state index is 12.7. The van der Waals surface area contributed by atoms with Gasteiger partial charge in [0, 0.05) is 0 Å². The lowest BCUT2D eigenvalue weighted by molar-refractivity contribution is -0.146. The van der Waals surface area contributed by atoms with Gasteiger partial charge in [-0.25, -0.2) is 4.79 Å². The van der Waals surface area contributed by atoms with Crippen LogP contribution in [0.15, 0.2) is 42.5 Å². The normalized spacial score (nSPS) is 13.7. The third-order valence-corrected chi connectivity index (χ3v) is 6.50. The molecule has 9 nitrogen and oxygen atoms in total. The standard InChI is InChI=1S/C22H24I2N2O7/c23-14-8-13(9-15(24)19(14)28)6-7-16(21(30)31)26-17(10-12-4-2-1-3-5-12)20(29)25-11-18(27)22(32)33/h1-5,8-9,16-18,26-28H,6-7,10-11H2,(H,25,29)(H,30,31)(H,32,33)/t16-,17-,18-/m0/s1. The van der Waals surface area contributed by atoms with Gasteiger partial charge in [0.1, 0.15) is 11.8 Å². The smallest absolute Gasteiger partial charge is 0.334 e. The number of hydrogen-bond donors (Lipinski definition) is 6. The number of aromatic hydroxyl groups is 1. The van der Waals surface area contributed by atoms with Gasteiger partial charge in [-0.15, -0.1) is 0 Å². The van der Waals surface area contributed by atoms with Crippen LogP contribution in [0.3, 0.4) is 0 Å². The molecule has 0 saturated carbocycles. The van der Waals surface area contributed by atoms with Crippen molar-refractivity contribution in [2.45, 2.75) is 37.5 Å². The lowest BCUT2D eigenvalue weighted by Crippen LogP contribution is -2.53. The number of phenols is 1. The predicted molar refractivity (Wildman–Crippen MR) is 137 cm³/mol. The van der Waals surface area contributed by atoms with Crippen LogP contribution in [0.1, 0.15) is 17.5 Å². The number of halogens is 2. The summed E-state index contributed by atoms with van der Waals surface area (Å²) in [5.74, 6) is -3.03. The molecule has 0 aliphatic heterocycles. The first-order valence-electron chi connectivity index (χ1n) is 9.96. The Hall–Kier alpha value is -1.97. The van der Waals surface area contributed by atoms with Crippen LogP contribution in [0.2, 0.25) is 0 Å². The monoisotopic (exact) mass is 682 g/mol. The summed E-state index contributed by atoms with van der Waals surface area (Å²) in [5, 5.41) is 43.2. The SMILES string of the molecule is O=C(O)[C@H](CCc1cc(I)c(O)c(I)c1)N[C@@H](Cc1ccccc1)C(=O)NC[C@H](O)C(=O)O. The molecule has 2 aromatic rings. The number of phenolic OH excluding ortho intramolecular Hbond substituents is 1. The number of aliphatic hydroxyl groups is 1. The number of carboxylic acids is 2. The van der Waals surface area contributed by atoms with Crippen molar-refractivity contribution in [2.75, 3.05) is 6.54 Å². The van der Waals surface area contributed by atoms with Crippen LogP contribution in [0.25, 0.3) is 0 Å². The molecule has 0 aromatic heterocycles. The van der Waals surface area contributed by atoms with Gasteiger partial charge in [-0.05, 0) is 87.7 Å². The molecule has 33 heavy (non-hydrogen) atoms. The number of carbonyl (C=O) groups is 3. The highest BCUT2D eigenvalue weighted by Crippen LogP contribution is 2.28. The molecule has 0 spiro atoms. The molecule has 0 heterocycles. The number of rotatable bonds is 12. The highest BCUT2D eigenvalue weighted by Gasteiger charge is 2.27. The molecule has 0 aliphatic rings. The summed E-state index contributed by atoms with van der Waals surface area (Å²) < 4.78 is 1.32. The zero-order valence-corrected chi connectivity index (χ0v) is 21.7. The van der Waals surface area contributed by atoms with E-state index in [2.05, 4.69) is 10.6 Å². The number of aryl methyl sites for hydroxylation is 1. The Kier molecular flexibility index (Phi) is 10.8. The molecule has 2 aromatic carbocycles. The topological polar surface area (TPSA) is 156 Å². The summed E-state index contributed by atoms with van der Waals surface area (Å²) in [4.78, 5) is 35.5. The minimum absolute atomic E-state index is 0.175. The molecule has 11 heteroatoms. The number of benzene rings is 2. The average molecular weight is 682 g/mol. The first kappa shape index (κ1) is 27.3. The summed E-state index contributed by atoms with van der Waals surface area (Å²) >= 11 is 4.01. The number of hydrogen-bond acceptors (Lipinski definition) is 6. The lowest BCUT2D eigenvalue weighted by atomic mass is 10.0. The van der Waals surface area contributed by atoms with Gasteiger partial charge in [0.2, 0.25) is 5.91 Å². The van der Waals surface area contributed by atoms with Crippen LogP contribution in [-0.2, 0) is 27.2 Å². The van der Waals surface area contributed by atoms with Crippen molar-refractivity contribution >= 4 is 63.0 Å². The zero-order valence-electron chi connectivity index (χ0n) is 17.4. The second-order valence-corrected chi connectivity index (χ2v) is 9.67. The maximum Gasteiger partial charge on any atom is 0.334 e. The molecule has 0 radical (unpaired) electrons. The first-order chi connectivity index (χ1) is 15.6. The Balaban J connectivity index is 2.14. The van der Waals surface area contributed by atoms with Crippen LogP contribution in [-0.4, -0.2) is 63.0 Å². The van der Waals surface area contributed by atoms with Gasteiger partial charge in [0.05, 0.1) is 19.7 Å². The van der Waals surface area contributed by atoms with E-state index in [0.29, 0.717) is 13.6 Å². The van der Waals surface area contributed by atoms with E-state index < -0.39 is 42.6 Å². The molecule has 6 N–H and O–H groups in total. The molecular formula is C22H24I2N2O7. The van der Waals surface area contributed by atoms with Crippen LogP contribution < -0.4 is 10.6 Å². The summed E-state index contributed by atoms with van der Waals surface area (Å²) in [6.07, 6.45) is -1.01. The van der Waals surface area contributed by atoms with E-state index in [4.69, 9.17) is 5.11 Å². The second kappa shape index (κ2) is 13.1. The van der Waals surface area contributed by atoms with Gasteiger partial charge in [-0.1, -0.05) is 30.3 Å². The molecule has 1 amide bonds. The molecule has 0 bridgehead atoms. The van der Waals surface area contributed by atoms with E-state index in [1.54, 1.807) is 36.4 Å². The Labute approximate surface area is 217 Å². The van der Waals surface area contributed by atoms with Gasteiger partial charge in [0.25, 0.3) is 0 Å². The molecule has 178 valence electrons. The number of aliphatic carboxylic acids is 2. The van der Waals surface area contributed by atoms with E-state index in [1.807, 2.05) is 51.2 Å². The van der Waals surface area contributed by atoms with Gasteiger partial charge in [-0.3, -0.25) is 14.9 Å². The van der Waals surface area contributed by atoms with E-state index in [1.165, 1.54) is 0 Å². The number of nitrogens with one attached hydrogen (secondary N) is 2. The zero-order chi connectivity index (χ0) is 24.5. The number of carboxylic acid groups (broad SMARTS) is 2. The second-order valence-electron chi connectivity index (χ2n) is 7.35. The molecule has 0 aliphatic carbocycles. The molecule has 0 saturated heterocycles. The lowest BCUT2D eigenvalue weighted by Gasteiger charge is -2.23. The van der Waals surface area contributed by atoms with Crippen molar-refractivity contribution in [1.82, 2.24) is 10.6 Å².